The van der Waals surface area contributed by atoms with Crippen LogP contribution in [0.3, 0.4) is 0 Å². The molecule has 3 heteroatoms. The lowest BCUT2D eigenvalue weighted by Gasteiger charge is -2.31. The second-order valence-corrected chi connectivity index (χ2v) is 4.93. The first-order valence-corrected chi connectivity index (χ1v) is 5.93. The molecule has 0 spiro atoms. The number of hydrogen-bond donors (Lipinski definition) is 1. The number of benzene rings is 1. The summed E-state index contributed by atoms with van der Waals surface area (Å²) in [6.07, 6.45) is 1.03. The van der Waals surface area contributed by atoms with E-state index in [0.29, 0.717) is 0 Å². The molecule has 2 N–H and O–H groups in total. The molecule has 0 aromatic heterocycles. The summed E-state index contributed by atoms with van der Waals surface area (Å²) in [7, 11) is 3.27. The van der Waals surface area contributed by atoms with Crippen molar-refractivity contribution < 1.29 is 9.47 Å². The molecule has 1 atom stereocenters. The van der Waals surface area contributed by atoms with E-state index in [2.05, 4.69) is 20.8 Å². The van der Waals surface area contributed by atoms with E-state index in [1.807, 2.05) is 18.2 Å². The van der Waals surface area contributed by atoms with Gasteiger partial charge >= 0.3 is 0 Å². The van der Waals surface area contributed by atoms with Gasteiger partial charge in [-0.2, -0.15) is 0 Å². The van der Waals surface area contributed by atoms with Crippen molar-refractivity contribution in [1.29, 1.82) is 0 Å². The first-order chi connectivity index (χ1) is 7.96. The van der Waals surface area contributed by atoms with E-state index in [-0.39, 0.29) is 11.5 Å². The molecule has 3 nitrogen and oxygen atoms in total. The van der Waals surface area contributed by atoms with E-state index >= 15 is 0 Å². The lowest BCUT2D eigenvalue weighted by molar-refractivity contribution is 0.277. The van der Waals surface area contributed by atoms with Crippen LogP contribution in [0, 0.1) is 5.41 Å². The Kier molecular flexibility index (Phi) is 4.40. The fraction of sp³-hybridized carbons (Fsp3) is 0.571. The monoisotopic (exact) mass is 237 g/mol. The average molecular weight is 237 g/mol. The molecule has 0 radical (unpaired) electrons. The minimum absolute atomic E-state index is 0.00712. The third-order valence-electron chi connectivity index (χ3n) is 3.52. The first kappa shape index (κ1) is 13.8. The lowest BCUT2D eigenvalue weighted by atomic mass is 9.79. The van der Waals surface area contributed by atoms with Crippen LogP contribution in [0.25, 0.3) is 0 Å². The normalized spacial score (nSPS) is 13.3. The van der Waals surface area contributed by atoms with Crippen LogP contribution in [-0.2, 0) is 0 Å². The van der Waals surface area contributed by atoms with Crippen LogP contribution in [0.15, 0.2) is 18.2 Å². The number of rotatable bonds is 5. The van der Waals surface area contributed by atoms with Gasteiger partial charge in [0.15, 0.2) is 11.5 Å². The van der Waals surface area contributed by atoms with Gasteiger partial charge in [0.05, 0.1) is 14.2 Å². The largest absolute Gasteiger partial charge is 0.493 e. The number of nitrogens with two attached hydrogens (primary N) is 1. The molecular weight excluding hydrogens is 214 g/mol. The quantitative estimate of drug-likeness (QED) is 0.855. The molecule has 17 heavy (non-hydrogen) atoms. The van der Waals surface area contributed by atoms with E-state index in [1.165, 1.54) is 0 Å². The zero-order valence-corrected chi connectivity index (χ0v) is 11.4. The molecule has 0 aliphatic carbocycles. The minimum Gasteiger partial charge on any atom is -0.493 e. The van der Waals surface area contributed by atoms with Crippen LogP contribution in [0.2, 0.25) is 0 Å². The number of hydrogen-bond acceptors (Lipinski definition) is 3. The maximum atomic E-state index is 6.30. The molecule has 0 bridgehead atoms. The molecule has 0 saturated carbocycles. The Balaban J connectivity index is 3.07. The van der Waals surface area contributed by atoms with Crippen LogP contribution in [-0.4, -0.2) is 14.2 Å². The van der Waals surface area contributed by atoms with Crippen molar-refractivity contribution in [3.8, 4) is 11.5 Å². The standard InChI is InChI=1S/C14H23NO2/c1-6-14(2,3)13(15)10-7-8-11(16-4)12(9-10)17-5/h7-9,13H,6,15H2,1-5H3. The summed E-state index contributed by atoms with van der Waals surface area (Å²) in [6, 6.07) is 5.86. The van der Waals surface area contributed by atoms with Crippen molar-refractivity contribution >= 4 is 0 Å². The van der Waals surface area contributed by atoms with Crippen LogP contribution < -0.4 is 15.2 Å². The van der Waals surface area contributed by atoms with Gasteiger partial charge in [0, 0.05) is 6.04 Å². The summed E-state index contributed by atoms with van der Waals surface area (Å²) in [6.45, 7) is 6.50. The van der Waals surface area contributed by atoms with Crippen molar-refractivity contribution in [3.63, 3.8) is 0 Å². The molecule has 0 aliphatic rings. The van der Waals surface area contributed by atoms with E-state index < -0.39 is 0 Å². The Labute approximate surface area is 104 Å². The zero-order valence-electron chi connectivity index (χ0n) is 11.4. The Bertz CT molecular complexity index is 374. The van der Waals surface area contributed by atoms with Gasteiger partial charge in [-0.15, -0.1) is 0 Å². The van der Waals surface area contributed by atoms with E-state index in [1.54, 1.807) is 14.2 Å². The summed E-state index contributed by atoms with van der Waals surface area (Å²) in [5, 5.41) is 0. The van der Waals surface area contributed by atoms with Gasteiger partial charge in [-0.3, -0.25) is 0 Å². The van der Waals surface area contributed by atoms with Gasteiger partial charge in [-0.25, -0.2) is 0 Å². The molecule has 0 heterocycles. The highest BCUT2D eigenvalue weighted by Gasteiger charge is 2.26. The van der Waals surface area contributed by atoms with Crippen LogP contribution in [0.1, 0.15) is 38.8 Å². The van der Waals surface area contributed by atoms with Crippen molar-refractivity contribution in [1.82, 2.24) is 0 Å². The predicted octanol–water partition coefficient (Wildman–Crippen LogP) is 3.14. The number of ether oxygens (including phenoxy) is 2. The molecule has 0 aliphatic heterocycles. The van der Waals surface area contributed by atoms with Gasteiger partial charge in [0.2, 0.25) is 0 Å². The van der Waals surface area contributed by atoms with Gasteiger partial charge in [0.25, 0.3) is 0 Å². The van der Waals surface area contributed by atoms with E-state index in [0.717, 1.165) is 23.5 Å². The Morgan fingerprint density at radius 3 is 2.24 bits per heavy atom. The fourth-order valence-corrected chi connectivity index (χ4v) is 1.72. The van der Waals surface area contributed by atoms with Gasteiger partial charge in [-0.05, 0) is 29.5 Å². The number of methoxy groups -OCH3 is 2. The van der Waals surface area contributed by atoms with Crippen molar-refractivity contribution in [3.05, 3.63) is 23.8 Å². The second kappa shape index (κ2) is 5.41. The summed E-state index contributed by atoms with van der Waals surface area (Å²) < 4.78 is 10.5. The summed E-state index contributed by atoms with van der Waals surface area (Å²) in [5.41, 5.74) is 7.45. The molecule has 1 aromatic rings. The minimum atomic E-state index is -0.00712. The highest BCUT2D eigenvalue weighted by Crippen LogP contribution is 2.37. The molecular formula is C14H23NO2. The Morgan fingerprint density at radius 1 is 1.18 bits per heavy atom. The zero-order chi connectivity index (χ0) is 13.1. The smallest absolute Gasteiger partial charge is 0.161 e. The Morgan fingerprint density at radius 2 is 1.76 bits per heavy atom. The molecule has 0 saturated heterocycles. The van der Waals surface area contributed by atoms with Crippen LogP contribution >= 0.6 is 0 Å². The average Bonchev–Trinajstić information content (AvgIpc) is 2.36. The van der Waals surface area contributed by atoms with E-state index in [9.17, 15) is 0 Å². The van der Waals surface area contributed by atoms with Crippen molar-refractivity contribution in [2.45, 2.75) is 33.2 Å². The van der Waals surface area contributed by atoms with Crippen molar-refractivity contribution in [2.24, 2.45) is 11.1 Å². The third kappa shape index (κ3) is 2.91. The maximum Gasteiger partial charge on any atom is 0.161 e. The molecule has 0 amide bonds. The second-order valence-electron chi connectivity index (χ2n) is 4.93. The summed E-state index contributed by atoms with van der Waals surface area (Å²) in [4.78, 5) is 0. The Hall–Kier alpha value is -1.22. The van der Waals surface area contributed by atoms with Crippen LogP contribution in [0.5, 0.6) is 11.5 Å². The molecule has 1 rings (SSSR count). The first-order valence-electron chi connectivity index (χ1n) is 5.93. The van der Waals surface area contributed by atoms with E-state index in [4.69, 9.17) is 15.2 Å². The van der Waals surface area contributed by atoms with Gasteiger partial charge in [-0.1, -0.05) is 26.8 Å². The van der Waals surface area contributed by atoms with Crippen LogP contribution in [0.4, 0.5) is 0 Å². The highest BCUT2D eigenvalue weighted by molar-refractivity contribution is 5.44. The molecule has 1 unspecified atom stereocenters. The predicted molar refractivity (Wildman–Crippen MR) is 70.5 cm³/mol. The fourth-order valence-electron chi connectivity index (χ4n) is 1.72. The molecule has 96 valence electrons. The summed E-state index contributed by atoms with van der Waals surface area (Å²) >= 11 is 0. The topological polar surface area (TPSA) is 44.5 Å². The van der Waals surface area contributed by atoms with Gasteiger partial charge < -0.3 is 15.2 Å². The third-order valence-corrected chi connectivity index (χ3v) is 3.52. The SMILES string of the molecule is CCC(C)(C)C(N)c1ccc(OC)c(OC)c1. The maximum absolute atomic E-state index is 6.30. The summed E-state index contributed by atoms with van der Waals surface area (Å²) in [5.74, 6) is 1.46. The van der Waals surface area contributed by atoms with Gasteiger partial charge in [0.1, 0.15) is 0 Å². The molecule has 1 aromatic carbocycles. The molecule has 0 fully saturated rings. The van der Waals surface area contributed by atoms with Crippen molar-refractivity contribution in [2.75, 3.05) is 14.2 Å². The highest BCUT2D eigenvalue weighted by atomic mass is 16.5. The lowest BCUT2D eigenvalue weighted by Crippen LogP contribution is -2.28.